The highest BCUT2D eigenvalue weighted by Crippen LogP contribution is 2.23. The summed E-state index contributed by atoms with van der Waals surface area (Å²) in [6, 6.07) is 11.5. The standard InChI is InChI=1S/C18H14ClFN2O/c1-10-3-6-15(11(2)7-10)22-18(23)14-8-12-4-5-13(20)9-16(12)21-17(14)19/h3-9H,1-2H3,(H,22,23). The molecule has 0 fully saturated rings. The highest BCUT2D eigenvalue weighted by molar-refractivity contribution is 6.33. The van der Waals surface area contributed by atoms with E-state index >= 15 is 0 Å². The Hall–Kier alpha value is -2.46. The molecule has 3 aromatic rings. The normalized spacial score (nSPS) is 10.8. The second-order valence-corrected chi connectivity index (χ2v) is 5.79. The number of carbonyl (C=O) groups excluding carboxylic acids is 1. The fourth-order valence-corrected chi connectivity index (χ4v) is 2.65. The van der Waals surface area contributed by atoms with Crippen molar-refractivity contribution in [3.05, 3.63) is 70.1 Å². The molecule has 1 amide bonds. The first kappa shape index (κ1) is 15.4. The number of rotatable bonds is 2. The van der Waals surface area contributed by atoms with Gasteiger partial charge in [0.1, 0.15) is 11.0 Å². The number of nitrogens with one attached hydrogen (secondary N) is 1. The van der Waals surface area contributed by atoms with Crippen LogP contribution >= 0.6 is 11.6 Å². The first-order chi connectivity index (χ1) is 10.9. The van der Waals surface area contributed by atoms with Crippen molar-refractivity contribution in [1.82, 2.24) is 4.98 Å². The van der Waals surface area contributed by atoms with Crippen LogP contribution in [0.5, 0.6) is 0 Å². The summed E-state index contributed by atoms with van der Waals surface area (Å²) in [5.74, 6) is -0.741. The Bertz CT molecular complexity index is 924. The second-order valence-electron chi connectivity index (χ2n) is 5.44. The highest BCUT2D eigenvalue weighted by atomic mass is 35.5. The molecule has 116 valence electrons. The van der Waals surface area contributed by atoms with Gasteiger partial charge < -0.3 is 5.32 Å². The Morgan fingerprint density at radius 3 is 2.65 bits per heavy atom. The molecule has 5 heteroatoms. The van der Waals surface area contributed by atoms with Crippen LogP contribution < -0.4 is 5.32 Å². The number of halogens is 2. The number of benzene rings is 2. The zero-order valence-corrected chi connectivity index (χ0v) is 13.4. The van der Waals surface area contributed by atoms with Gasteiger partial charge in [0.2, 0.25) is 0 Å². The van der Waals surface area contributed by atoms with E-state index in [1.807, 2.05) is 32.0 Å². The number of carbonyl (C=O) groups is 1. The lowest BCUT2D eigenvalue weighted by Crippen LogP contribution is -2.14. The number of hydrogen-bond acceptors (Lipinski definition) is 2. The van der Waals surface area contributed by atoms with Crippen molar-refractivity contribution in [2.45, 2.75) is 13.8 Å². The number of amides is 1. The Labute approximate surface area is 138 Å². The van der Waals surface area contributed by atoms with E-state index in [1.165, 1.54) is 12.1 Å². The van der Waals surface area contributed by atoms with Gasteiger partial charge >= 0.3 is 0 Å². The molecule has 0 aliphatic rings. The van der Waals surface area contributed by atoms with Crippen LogP contribution in [0, 0.1) is 19.7 Å². The summed E-state index contributed by atoms with van der Waals surface area (Å²) in [4.78, 5) is 16.6. The summed E-state index contributed by atoms with van der Waals surface area (Å²) >= 11 is 6.09. The molecule has 3 rings (SSSR count). The number of aromatic nitrogens is 1. The van der Waals surface area contributed by atoms with Gasteiger partial charge in [-0.1, -0.05) is 29.3 Å². The van der Waals surface area contributed by atoms with Crippen molar-refractivity contribution >= 4 is 34.1 Å². The maximum absolute atomic E-state index is 13.2. The molecule has 1 heterocycles. The van der Waals surface area contributed by atoms with Crippen LogP contribution in [0.3, 0.4) is 0 Å². The predicted molar refractivity (Wildman–Crippen MR) is 90.6 cm³/mol. The second kappa shape index (κ2) is 5.97. The molecule has 23 heavy (non-hydrogen) atoms. The van der Waals surface area contributed by atoms with E-state index in [2.05, 4.69) is 10.3 Å². The number of nitrogens with zero attached hydrogens (tertiary/aromatic N) is 1. The van der Waals surface area contributed by atoms with Crippen molar-refractivity contribution < 1.29 is 9.18 Å². The van der Waals surface area contributed by atoms with Crippen LogP contribution in [-0.4, -0.2) is 10.9 Å². The van der Waals surface area contributed by atoms with E-state index in [-0.39, 0.29) is 16.6 Å². The molecule has 3 nitrogen and oxygen atoms in total. The van der Waals surface area contributed by atoms with Crippen LogP contribution in [0.1, 0.15) is 21.5 Å². The summed E-state index contributed by atoms with van der Waals surface area (Å²) < 4.78 is 13.2. The van der Waals surface area contributed by atoms with Gasteiger partial charge in [0, 0.05) is 17.1 Å². The summed E-state index contributed by atoms with van der Waals surface area (Å²) in [5, 5.41) is 3.53. The fraction of sp³-hybridized carbons (Fsp3) is 0.111. The Kier molecular flexibility index (Phi) is 4.01. The third-order valence-electron chi connectivity index (χ3n) is 3.61. The van der Waals surface area contributed by atoms with Gasteiger partial charge in [-0.05, 0) is 43.7 Å². The minimum absolute atomic E-state index is 0.0466. The van der Waals surface area contributed by atoms with Crippen LogP contribution in [0.15, 0.2) is 42.5 Å². The van der Waals surface area contributed by atoms with E-state index in [0.717, 1.165) is 16.8 Å². The zero-order valence-electron chi connectivity index (χ0n) is 12.7. The smallest absolute Gasteiger partial charge is 0.258 e. The highest BCUT2D eigenvalue weighted by Gasteiger charge is 2.14. The molecule has 2 aromatic carbocycles. The first-order valence-corrected chi connectivity index (χ1v) is 7.46. The molecule has 0 saturated carbocycles. The average molecular weight is 329 g/mol. The molecule has 0 bridgehead atoms. The lowest BCUT2D eigenvalue weighted by atomic mass is 10.1. The number of aryl methyl sites for hydroxylation is 2. The molecule has 0 unspecified atom stereocenters. The van der Waals surface area contributed by atoms with E-state index in [4.69, 9.17) is 11.6 Å². The lowest BCUT2D eigenvalue weighted by molar-refractivity contribution is 0.102. The SMILES string of the molecule is Cc1ccc(NC(=O)c2cc3ccc(F)cc3nc2Cl)c(C)c1. The van der Waals surface area contributed by atoms with Gasteiger partial charge in [-0.15, -0.1) is 0 Å². The Balaban J connectivity index is 1.97. The lowest BCUT2D eigenvalue weighted by Gasteiger charge is -2.10. The molecule has 1 N–H and O–H groups in total. The quantitative estimate of drug-likeness (QED) is 0.680. The molecule has 0 radical (unpaired) electrons. The molecule has 1 aromatic heterocycles. The van der Waals surface area contributed by atoms with E-state index < -0.39 is 5.82 Å². The van der Waals surface area contributed by atoms with E-state index in [0.29, 0.717) is 10.9 Å². The maximum Gasteiger partial charge on any atom is 0.258 e. The van der Waals surface area contributed by atoms with Crippen LogP contribution in [-0.2, 0) is 0 Å². The largest absolute Gasteiger partial charge is 0.322 e. The van der Waals surface area contributed by atoms with Crippen LogP contribution in [0.2, 0.25) is 5.15 Å². The predicted octanol–water partition coefficient (Wildman–Crippen LogP) is 4.90. The summed E-state index contributed by atoms with van der Waals surface area (Å²) in [6.07, 6.45) is 0. The monoisotopic (exact) mass is 328 g/mol. The zero-order chi connectivity index (χ0) is 16.6. The Morgan fingerprint density at radius 1 is 1.13 bits per heavy atom. The van der Waals surface area contributed by atoms with Gasteiger partial charge in [-0.3, -0.25) is 4.79 Å². The number of fused-ring (bicyclic) bond motifs is 1. The topological polar surface area (TPSA) is 42.0 Å². The van der Waals surface area contributed by atoms with Crippen molar-refractivity contribution in [3.8, 4) is 0 Å². The van der Waals surface area contributed by atoms with E-state index in [9.17, 15) is 9.18 Å². The minimum Gasteiger partial charge on any atom is -0.322 e. The summed E-state index contributed by atoms with van der Waals surface area (Å²) in [5.41, 5.74) is 3.47. The number of anilines is 1. The van der Waals surface area contributed by atoms with Gasteiger partial charge in [0.05, 0.1) is 11.1 Å². The van der Waals surface area contributed by atoms with E-state index in [1.54, 1.807) is 12.1 Å². The molecular weight excluding hydrogens is 315 g/mol. The van der Waals surface area contributed by atoms with Crippen molar-refractivity contribution in [2.75, 3.05) is 5.32 Å². The molecule has 0 saturated heterocycles. The number of hydrogen-bond donors (Lipinski definition) is 1. The maximum atomic E-state index is 13.2. The van der Waals surface area contributed by atoms with Gasteiger partial charge in [0.25, 0.3) is 5.91 Å². The number of pyridine rings is 1. The Morgan fingerprint density at radius 2 is 1.91 bits per heavy atom. The molecule has 0 aliphatic heterocycles. The fourth-order valence-electron chi connectivity index (χ4n) is 2.42. The van der Waals surface area contributed by atoms with Crippen molar-refractivity contribution in [1.29, 1.82) is 0 Å². The van der Waals surface area contributed by atoms with Crippen LogP contribution in [0.25, 0.3) is 10.9 Å². The average Bonchev–Trinajstić information content (AvgIpc) is 2.49. The summed E-state index contributed by atoms with van der Waals surface area (Å²) in [7, 11) is 0. The summed E-state index contributed by atoms with van der Waals surface area (Å²) in [6.45, 7) is 3.91. The van der Waals surface area contributed by atoms with Gasteiger partial charge in [-0.25, -0.2) is 9.37 Å². The third-order valence-corrected chi connectivity index (χ3v) is 3.90. The van der Waals surface area contributed by atoms with Gasteiger partial charge in [-0.2, -0.15) is 0 Å². The molecule has 0 aliphatic carbocycles. The first-order valence-electron chi connectivity index (χ1n) is 7.08. The molecular formula is C18H14ClFN2O. The molecule has 0 spiro atoms. The minimum atomic E-state index is -0.395. The molecule has 0 atom stereocenters. The van der Waals surface area contributed by atoms with Crippen molar-refractivity contribution in [3.63, 3.8) is 0 Å². The third kappa shape index (κ3) is 3.17. The van der Waals surface area contributed by atoms with Crippen molar-refractivity contribution in [2.24, 2.45) is 0 Å². The van der Waals surface area contributed by atoms with Crippen LogP contribution in [0.4, 0.5) is 10.1 Å². The van der Waals surface area contributed by atoms with Gasteiger partial charge in [0.15, 0.2) is 0 Å².